The zero-order valence-corrected chi connectivity index (χ0v) is 28.1. The fourth-order valence-electron chi connectivity index (χ4n) is 6.81. The van der Waals surface area contributed by atoms with Crippen molar-refractivity contribution in [2.45, 2.75) is 0 Å². The van der Waals surface area contributed by atoms with E-state index in [-0.39, 0.29) is 0 Å². The smallest absolute Gasteiger partial charge is 0.00264 e. The second-order valence-electron chi connectivity index (χ2n) is 12.2. The van der Waals surface area contributed by atoms with Gasteiger partial charge in [-0.2, -0.15) is 0 Å². The summed E-state index contributed by atoms with van der Waals surface area (Å²) in [5.41, 5.74) is 14.9. The maximum Gasteiger partial charge on any atom is -0.00264 e. The van der Waals surface area contributed by atoms with Crippen LogP contribution in [0.4, 0.5) is 0 Å². The first kappa shape index (κ1) is 30.5. The highest BCUT2D eigenvalue weighted by molar-refractivity contribution is 7.55. The van der Waals surface area contributed by atoms with Crippen LogP contribution in [0.1, 0.15) is 0 Å². The minimum Gasteiger partial charge on any atom is -0.0622 e. The molecule has 0 aromatic heterocycles. The predicted octanol–water partition coefficient (Wildman–Crippen LogP) is 12.3. The first-order valence-electron chi connectivity index (χ1n) is 16.8. The van der Waals surface area contributed by atoms with Crippen molar-refractivity contribution in [2.75, 3.05) is 0 Å². The maximum absolute atomic E-state index is 2.43. The topological polar surface area (TPSA) is 0 Å². The second-order valence-corrected chi connectivity index (χ2v) is 13.6. The number of hydrogen-bond acceptors (Lipinski definition) is 0. The van der Waals surface area contributed by atoms with E-state index < -0.39 is 0 Å². The lowest BCUT2D eigenvalue weighted by molar-refractivity contribution is 1.57. The molecule has 0 saturated carbocycles. The molecule has 8 aromatic carbocycles. The molecule has 0 saturated heterocycles. The Morgan fingerprint density at radius 1 is 0.224 bits per heavy atom. The molecule has 0 heterocycles. The molecule has 0 spiro atoms. The summed E-state index contributed by atoms with van der Waals surface area (Å²) in [4.78, 5) is 0. The Kier molecular flexibility index (Phi) is 8.80. The van der Waals surface area contributed by atoms with Crippen molar-refractivity contribution in [1.82, 2.24) is 0 Å². The fourth-order valence-corrected chi connectivity index (χ4v) is 8.01. The standard InChI is InChI=1S/C48H35P/c1-7-19-35(20-8-1)43-31-41(32-44(36-21-9-2-10-22-36)47(43)39-27-15-5-16-28-39)49-42-33-45(37-23-11-3-12-24-37)48(40-29-17-6-18-30-40)46(34-42)38-25-13-4-14-26-38/h1-34,49H. The van der Waals surface area contributed by atoms with E-state index in [1.165, 1.54) is 77.4 Å². The molecule has 0 atom stereocenters. The van der Waals surface area contributed by atoms with Gasteiger partial charge in [-0.1, -0.05) is 191 Å². The number of rotatable bonds is 8. The summed E-state index contributed by atoms with van der Waals surface area (Å²) in [7, 11) is 0.450. The van der Waals surface area contributed by atoms with Crippen LogP contribution < -0.4 is 10.6 Å². The van der Waals surface area contributed by atoms with Crippen LogP contribution in [-0.2, 0) is 0 Å². The van der Waals surface area contributed by atoms with Crippen molar-refractivity contribution >= 4 is 19.2 Å². The Morgan fingerprint density at radius 3 is 0.653 bits per heavy atom. The summed E-state index contributed by atoms with van der Waals surface area (Å²) < 4.78 is 0. The summed E-state index contributed by atoms with van der Waals surface area (Å²) in [6, 6.07) is 74.8. The van der Waals surface area contributed by atoms with E-state index in [0.29, 0.717) is 8.58 Å². The summed E-state index contributed by atoms with van der Waals surface area (Å²) in [6.07, 6.45) is 0. The van der Waals surface area contributed by atoms with Crippen molar-refractivity contribution in [3.63, 3.8) is 0 Å². The molecule has 0 bridgehead atoms. The molecule has 8 rings (SSSR count). The van der Waals surface area contributed by atoms with E-state index in [1.54, 1.807) is 0 Å². The molecule has 49 heavy (non-hydrogen) atoms. The van der Waals surface area contributed by atoms with Gasteiger partial charge in [0.05, 0.1) is 0 Å². The van der Waals surface area contributed by atoms with E-state index in [2.05, 4.69) is 206 Å². The highest BCUT2D eigenvalue weighted by Crippen LogP contribution is 2.43. The third-order valence-corrected chi connectivity index (χ3v) is 10.2. The van der Waals surface area contributed by atoms with Gasteiger partial charge in [-0.05, 0) is 102 Å². The van der Waals surface area contributed by atoms with Crippen LogP contribution in [-0.4, -0.2) is 0 Å². The Morgan fingerprint density at radius 2 is 0.429 bits per heavy atom. The number of hydrogen-bond donors (Lipinski definition) is 0. The molecular weight excluding hydrogens is 608 g/mol. The molecular formula is C48H35P. The van der Waals surface area contributed by atoms with Crippen LogP contribution in [0.2, 0.25) is 0 Å². The largest absolute Gasteiger partial charge is 0.0622 e. The van der Waals surface area contributed by atoms with Gasteiger partial charge in [-0.15, -0.1) is 0 Å². The van der Waals surface area contributed by atoms with Crippen LogP contribution in [0.25, 0.3) is 66.8 Å². The van der Waals surface area contributed by atoms with E-state index in [4.69, 9.17) is 0 Å². The molecule has 0 N–H and O–H groups in total. The Labute approximate surface area is 291 Å². The van der Waals surface area contributed by atoms with E-state index in [1.807, 2.05) is 0 Å². The van der Waals surface area contributed by atoms with Crippen molar-refractivity contribution < 1.29 is 0 Å². The van der Waals surface area contributed by atoms with Gasteiger partial charge < -0.3 is 0 Å². The first-order valence-corrected chi connectivity index (χ1v) is 17.8. The fraction of sp³-hybridized carbons (Fsp3) is 0. The molecule has 1 heteroatoms. The summed E-state index contributed by atoms with van der Waals surface area (Å²) >= 11 is 0. The van der Waals surface area contributed by atoms with E-state index in [9.17, 15) is 0 Å². The van der Waals surface area contributed by atoms with Crippen molar-refractivity contribution in [2.24, 2.45) is 0 Å². The molecule has 232 valence electrons. The molecule has 0 fully saturated rings. The minimum absolute atomic E-state index is 0.450. The van der Waals surface area contributed by atoms with Crippen LogP contribution >= 0.6 is 8.58 Å². The normalized spacial score (nSPS) is 10.9. The zero-order valence-electron chi connectivity index (χ0n) is 27.1. The number of benzene rings is 8. The van der Waals surface area contributed by atoms with Gasteiger partial charge in [0.1, 0.15) is 0 Å². The maximum atomic E-state index is 2.43. The first-order chi connectivity index (χ1) is 24.3. The average molecular weight is 643 g/mol. The highest BCUT2D eigenvalue weighted by Gasteiger charge is 2.19. The quantitative estimate of drug-likeness (QED) is 0.145. The Balaban J connectivity index is 1.37. The van der Waals surface area contributed by atoms with Gasteiger partial charge in [-0.3, -0.25) is 0 Å². The van der Waals surface area contributed by atoms with Crippen molar-refractivity contribution in [1.29, 1.82) is 0 Å². The van der Waals surface area contributed by atoms with Gasteiger partial charge in [-0.25, -0.2) is 0 Å². The molecule has 0 nitrogen and oxygen atoms in total. The second kappa shape index (κ2) is 14.1. The average Bonchev–Trinajstić information content (AvgIpc) is 3.19. The molecule has 0 aliphatic heterocycles. The summed E-state index contributed by atoms with van der Waals surface area (Å²) in [5, 5.41) is 2.62. The third-order valence-electron chi connectivity index (χ3n) is 9.03. The zero-order chi connectivity index (χ0) is 32.8. The third kappa shape index (κ3) is 6.53. The van der Waals surface area contributed by atoms with Crippen LogP contribution in [0.15, 0.2) is 206 Å². The van der Waals surface area contributed by atoms with Gasteiger partial charge in [0, 0.05) is 0 Å². The molecule has 0 unspecified atom stereocenters. The van der Waals surface area contributed by atoms with Crippen LogP contribution in [0.3, 0.4) is 0 Å². The van der Waals surface area contributed by atoms with Crippen LogP contribution in [0.5, 0.6) is 0 Å². The van der Waals surface area contributed by atoms with E-state index in [0.717, 1.165) is 0 Å². The predicted molar refractivity (Wildman–Crippen MR) is 213 cm³/mol. The molecule has 8 aromatic rings. The van der Waals surface area contributed by atoms with Crippen molar-refractivity contribution in [3.8, 4) is 66.8 Å². The Hall–Kier alpha value is -5.81. The highest BCUT2D eigenvalue weighted by atomic mass is 31.1. The van der Waals surface area contributed by atoms with Crippen LogP contribution in [0, 0.1) is 0 Å². The van der Waals surface area contributed by atoms with Gasteiger partial charge >= 0.3 is 0 Å². The molecule has 0 amide bonds. The molecule has 0 aliphatic carbocycles. The van der Waals surface area contributed by atoms with Crippen molar-refractivity contribution in [3.05, 3.63) is 206 Å². The lowest BCUT2D eigenvalue weighted by Gasteiger charge is -2.21. The van der Waals surface area contributed by atoms with Gasteiger partial charge in [0.25, 0.3) is 0 Å². The lowest BCUT2D eigenvalue weighted by Crippen LogP contribution is -2.08. The van der Waals surface area contributed by atoms with E-state index >= 15 is 0 Å². The lowest BCUT2D eigenvalue weighted by atomic mass is 9.87. The van der Waals surface area contributed by atoms with Gasteiger partial charge in [0.15, 0.2) is 0 Å². The molecule has 0 aliphatic rings. The summed E-state index contributed by atoms with van der Waals surface area (Å²) in [6.45, 7) is 0. The Bertz CT molecular complexity index is 2010. The van der Waals surface area contributed by atoms with Gasteiger partial charge in [0.2, 0.25) is 0 Å². The summed E-state index contributed by atoms with van der Waals surface area (Å²) in [5.74, 6) is 0. The molecule has 0 radical (unpaired) electrons. The monoisotopic (exact) mass is 642 g/mol. The minimum atomic E-state index is 0.450. The SMILES string of the molecule is c1ccc(-c2cc(Pc3cc(-c4ccccc4)c(-c4ccccc4)c(-c4ccccc4)c3)cc(-c3ccccc3)c2-c2ccccc2)cc1.